The molecule has 0 unspecified atom stereocenters. The van der Waals surface area contributed by atoms with Crippen LogP contribution in [0.3, 0.4) is 0 Å². The highest BCUT2D eigenvalue weighted by molar-refractivity contribution is 7.80. The van der Waals surface area contributed by atoms with Gasteiger partial charge in [0, 0.05) is 12.1 Å². The molecule has 1 N–H and O–H groups in total. The molecule has 8 heteroatoms. The highest BCUT2D eigenvalue weighted by Crippen LogP contribution is 2.28. The van der Waals surface area contributed by atoms with Gasteiger partial charge in [0.05, 0.1) is 15.7 Å². The van der Waals surface area contributed by atoms with Gasteiger partial charge >= 0.3 is 0 Å². The Morgan fingerprint density at radius 1 is 1.13 bits per heavy atom. The molecule has 0 aliphatic carbocycles. The van der Waals surface area contributed by atoms with E-state index in [1.165, 1.54) is 4.90 Å². The predicted octanol–water partition coefficient (Wildman–Crippen LogP) is 5.99. The molecule has 1 aromatic heterocycles. The first-order chi connectivity index (χ1) is 15.0. The predicted molar refractivity (Wildman–Crippen MR) is 127 cm³/mol. The van der Waals surface area contributed by atoms with Gasteiger partial charge in [-0.15, -0.1) is 0 Å². The number of carbonyl (C=O) groups excluding carboxylic acids is 1. The summed E-state index contributed by atoms with van der Waals surface area (Å²) in [6, 6.07) is 16.3. The number of rotatable bonds is 6. The van der Waals surface area contributed by atoms with Crippen molar-refractivity contribution in [2.45, 2.75) is 20.0 Å². The van der Waals surface area contributed by atoms with E-state index >= 15 is 0 Å². The normalized spacial score (nSPS) is 14.9. The molecule has 2 heterocycles. The Kier molecular flexibility index (Phi) is 6.32. The third-order valence-corrected chi connectivity index (χ3v) is 5.76. The second-order valence-corrected chi connectivity index (χ2v) is 7.98. The zero-order valence-electron chi connectivity index (χ0n) is 16.5. The van der Waals surface area contributed by atoms with Crippen LogP contribution in [-0.2, 0) is 17.8 Å². The summed E-state index contributed by atoms with van der Waals surface area (Å²) < 4.78 is 11.5. The van der Waals surface area contributed by atoms with E-state index in [9.17, 15) is 4.79 Å². The number of ether oxygens (including phenoxy) is 1. The fourth-order valence-electron chi connectivity index (χ4n) is 3.19. The fourth-order valence-corrected chi connectivity index (χ4v) is 3.77. The third-order valence-electron chi connectivity index (χ3n) is 4.73. The van der Waals surface area contributed by atoms with E-state index < -0.39 is 0 Å². The van der Waals surface area contributed by atoms with Crippen molar-refractivity contribution in [3.05, 3.63) is 87.4 Å². The van der Waals surface area contributed by atoms with Gasteiger partial charge in [-0.05, 0) is 54.5 Å². The van der Waals surface area contributed by atoms with E-state index in [4.69, 9.17) is 44.6 Å². The van der Waals surface area contributed by atoms with Crippen LogP contribution in [0.1, 0.15) is 24.0 Å². The molecular formula is C23H18Cl2N2O3S. The Morgan fingerprint density at radius 3 is 2.71 bits per heavy atom. The number of para-hydroxylation sites is 1. The molecule has 158 valence electrons. The molecule has 1 aliphatic rings. The summed E-state index contributed by atoms with van der Waals surface area (Å²) in [6.45, 7) is 2.24. The second-order valence-electron chi connectivity index (χ2n) is 6.78. The Hall–Kier alpha value is -2.80. The number of nitrogens with zero attached hydrogens (tertiary/aromatic N) is 1. The average Bonchev–Trinajstić information content (AvgIpc) is 3.32. The summed E-state index contributed by atoms with van der Waals surface area (Å²) in [5, 5.41) is 4.20. The average molecular weight is 473 g/mol. The van der Waals surface area contributed by atoms with Crippen molar-refractivity contribution in [2.24, 2.45) is 0 Å². The van der Waals surface area contributed by atoms with Gasteiger partial charge in [-0.25, -0.2) is 0 Å². The maximum Gasteiger partial charge on any atom is 0.281 e. The molecule has 1 amide bonds. The van der Waals surface area contributed by atoms with Gasteiger partial charge in [-0.3, -0.25) is 9.69 Å². The van der Waals surface area contributed by atoms with Crippen LogP contribution in [0.25, 0.3) is 6.08 Å². The highest BCUT2D eigenvalue weighted by atomic mass is 35.5. The van der Waals surface area contributed by atoms with Crippen LogP contribution in [0, 0.1) is 0 Å². The number of halogens is 2. The Morgan fingerprint density at radius 2 is 1.94 bits per heavy atom. The fraction of sp³-hybridized carbons (Fsp3) is 0.130. The van der Waals surface area contributed by atoms with E-state index in [1.807, 2.05) is 31.2 Å². The Bertz CT molecular complexity index is 1190. The summed E-state index contributed by atoms with van der Waals surface area (Å²) in [4.78, 5) is 14.5. The van der Waals surface area contributed by atoms with Crippen molar-refractivity contribution in [3.63, 3.8) is 0 Å². The van der Waals surface area contributed by atoms with Crippen LogP contribution < -0.4 is 15.0 Å². The number of hydrogen-bond acceptors (Lipinski definition) is 4. The lowest BCUT2D eigenvalue weighted by molar-refractivity contribution is -0.113. The summed E-state index contributed by atoms with van der Waals surface area (Å²) in [6.07, 6.45) is 2.42. The maximum atomic E-state index is 13.0. The van der Waals surface area contributed by atoms with Crippen molar-refractivity contribution in [3.8, 4) is 5.75 Å². The minimum Gasteiger partial charge on any atom is -0.486 e. The minimum atomic E-state index is -0.226. The van der Waals surface area contributed by atoms with Gasteiger partial charge < -0.3 is 14.5 Å². The number of benzene rings is 2. The minimum absolute atomic E-state index is 0.205. The van der Waals surface area contributed by atoms with E-state index in [0.29, 0.717) is 38.1 Å². The molecular weight excluding hydrogens is 455 g/mol. The van der Waals surface area contributed by atoms with Crippen molar-refractivity contribution in [2.75, 3.05) is 4.90 Å². The molecule has 2 aromatic carbocycles. The molecule has 0 saturated carbocycles. The summed E-state index contributed by atoms with van der Waals surface area (Å²) in [7, 11) is 0. The van der Waals surface area contributed by atoms with Gasteiger partial charge in [0.2, 0.25) is 0 Å². The molecule has 31 heavy (non-hydrogen) atoms. The molecule has 0 radical (unpaired) electrons. The van der Waals surface area contributed by atoms with E-state index in [1.54, 1.807) is 36.4 Å². The third kappa shape index (κ3) is 4.61. The number of hydrogen-bond donors (Lipinski definition) is 1. The van der Waals surface area contributed by atoms with Crippen molar-refractivity contribution < 1.29 is 13.9 Å². The molecule has 0 spiro atoms. The van der Waals surface area contributed by atoms with Crippen LogP contribution in [0.15, 0.2) is 64.7 Å². The van der Waals surface area contributed by atoms with Gasteiger partial charge in [0.1, 0.15) is 29.6 Å². The van der Waals surface area contributed by atoms with Crippen molar-refractivity contribution in [1.82, 2.24) is 5.32 Å². The first-order valence-corrected chi connectivity index (χ1v) is 10.7. The van der Waals surface area contributed by atoms with Gasteiger partial charge in [-0.2, -0.15) is 0 Å². The lowest BCUT2D eigenvalue weighted by Crippen LogP contribution is -2.31. The van der Waals surface area contributed by atoms with Crippen molar-refractivity contribution in [1.29, 1.82) is 0 Å². The van der Waals surface area contributed by atoms with E-state index in [0.717, 1.165) is 17.7 Å². The van der Waals surface area contributed by atoms with Crippen LogP contribution in [0.4, 0.5) is 5.69 Å². The van der Waals surface area contributed by atoms with Crippen LogP contribution in [-0.4, -0.2) is 11.0 Å². The molecule has 5 nitrogen and oxygen atoms in total. The number of aryl methyl sites for hydroxylation is 1. The standard InChI is InChI=1S/C23H18Cl2N2O3S/c1-2-14-5-3-4-6-21(14)27-22(28)20(26-23(27)31)12-16-7-8-17(30-16)13-29-15-9-10-18(24)19(25)11-15/h3-12H,2,13H2,1H3,(H,26,31)/b20-12+. The van der Waals surface area contributed by atoms with E-state index in [-0.39, 0.29) is 12.5 Å². The Balaban J connectivity index is 1.48. The van der Waals surface area contributed by atoms with Crippen LogP contribution in [0.5, 0.6) is 5.75 Å². The van der Waals surface area contributed by atoms with Gasteiger partial charge in [0.25, 0.3) is 5.91 Å². The van der Waals surface area contributed by atoms with Crippen LogP contribution >= 0.6 is 35.4 Å². The van der Waals surface area contributed by atoms with Crippen LogP contribution in [0.2, 0.25) is 10.0 Å². The summed E-state index contributed by atoms with van der Waals surface area (Å²) in [5.41, 5.74) is 2.18. The molecule has 1 fully saturated rings. The van der Waals surface area contributed by atoms with Crippen molar-refractivity contribution >= 4 is 58.2 Å². The number of carbonyl (C=O) groups is 1. The number of anilines is 1. The summed E-state index contributed by atoms with van der Waals surface area (Å²) >= 11 is 17.3. The number of nitrogens with one attached hydrogen (secondary N) is 1. The zero-order chi connectivity index (χ0) is 22.0. The Labute approximate surface area is 195 Å². The number of furan rings is 1. The molecule has 0 atom stereocenters. The monoisotopic (exact) mass is 472 g/mol. The van der Waals surface area contributed by atoms with Gasteiger partial charge in [0.15, 0.2) is 5.11 Å². The SMILES string of the molecule is CCc1ccccc1N1C(=O)/C(=C\c2ccc(COc3ccc(Cl)c(Cl)c3)o2)NC1=S. The topological polar surface area (TPSA) is 54.7 Å². The lowest BCUT2D eigenvalue weighted by atomic mass is 10.1. The smallest absolute Gasteiger partial charge is 0.281 e. The second kappa shape index (κ2) is 9.14. The van der Waals surface area contributed by atoms with Gasteiger partial charge in [-0.1, -0.05) is 48.3 Å². The molecule has 1 aliphatic heterocycles. The lowest BCUT2D eigenvalue weighted by Gasteiger charge is -2.17. The highest BCUT2D eigenvalue weighted by Gasteiger charge is 2.33. The largest absolute Gasteiger partial charge is 0.486 e. The first kappa shape index (κ1) is 21.4. The molecule has 4 rings (SSSR count). The zero-order valence-corrected chi connectivity index (χ0v) is 18.9. The maximum absolute atomic E-state index is 13.0. The quantitative estimate of drug-likeness (QED) is 0.352. The first-order valence-electron chi connectivity index (χ1n) is 9.58. The van der Waals surface area contributed by atoms with E-state index in [2.05, 4.69) is 5.32 Å². The number of thiocarbonyl (C=S) groups is 1. The molecule has 3 aromatic rings. The molecule has 0 bridgehead atoms. The number of amides is 1. The molecule has 1 saturated heterocycles. The summed E-state index contributed by atoms with van der Waals surface area (Å²) in [5.74, 6) is 1.46.